The Morgan fingerprint density at radius 2 is 2.41 bits per heavy atom. The third kappa shape index (κ3) is 3.44. The number of carbonyl (C=O) groups is 1. The number of ether oxygens (including phenoxy) is 1. The van der Waals surface area contributed by atoms with E-state index in [1.165, 1.54) is 0 Å². The molecule has 1 unspecified atom stereocenters. The van der Waals surface area contributed by atoms with Crippen molar-refractivity contribution < 1.29 is 9.53 Å². The molecule has 1 aromatic carbocycles. The van der Waals surface area contributed by atoms with Gasteiger partial charge >= 0.3 is 6.09 Å². The Balaban J connectivity index is 1.84. The highest BCUT2D eigenvalue weighted by atomic mass is 79.9. The Bertz CT molecular complexity index is 411. The zero-order chi connectivity index (χ0) is 12.3. The molecular formula is C12H15BrN2O2. The van der Waals surface area contributed by atoms with Gasteiger partial charge in [0.05, 0.1) is 0 Å². The van der Waals surface area contributed by atoms with E-state index >= 15 is 0 Å². The maximum Gasteiger partial charge on any atom is 0.410 e. The number of rotatable bonds is 2. The molecule has 0 radical (unpaired) electrons. The van der Waals surface area contributed by atoms with E-state index in [1.807, 2.05) is 24.3 Å². The van der Waals surface area contributed by atoms with Crippen molar-refractivity contribution in [2.24, 2.45) is 5.73 Å². The Morgan fingerprint density at radius 3 is 3.06 bits per heavy atom. The van der Waals surface area contributed by atoms with Crippen LogP contribution in [0.1, 0.15) is 12.0 Å². The first-order valence-corrected chi connectivity index (χ1v) is 6.36. The van der Waals surface area contributed by atoms with Gasteiger partial charge in [0.15, 0.2) is 0 Å². The Labute approximate surface area is 109 Å². The van der Waals surface area contributed by atoms with Gasteiger partial charge in [-0.2, -0.15) is 0 Å². The van der Waals surface area contributed by atoms with Crippen LogP contribution in [0.5, 0.6) is 0 Å². The molecule has 1 saturated heterocycles. The number of carbonyl (C=O) groups excluding carboxylic acids is 1. The van der Waals surface area contributed by atoms with Gasteiger partial charge in [-0.25, -0.2) is 4.79 Å². The molecule has 0 aromatic heterocycles. The molecule has 2 rings (SSSR count). The van der Waals surface area contributed by atoms with E-state index in [0.29, 0.717) is 19.7 Å². The van der Waals surface area contributed by atoms with E-state index in [1.54, 1.807) is 4.90 Å². The average molecular weight is 299 g/mol. The molecule has 1 aliphatic heterocycles. The summed E-state index contributed by atoms with van der Waals surface area (Å²) in [6.07, 6.45) is 0.573. The molecule has 2 N–H and O–H groups in total. The van der Waals surface area contributed by atoms with Gasteiger partial charge in [-0.15, -0.1) is 0 Å². The van der Waals surface area contributed by atoms with Gasteiger partial charge in [-0.1, -0.05) is 28.1 Å². The highest BCUT2D eigenvalue weighted by molar-refractivity contribution is 9.10. The Kier molecular flexibility index (Phi) is 4.02. The zero-order valence-corrected chi connectivity index (χ0v) is 11.0. The molecule has 1 atom stereocenters. The fourth-order valence-corrected chi connectivity index (χ4v) is 2.26. The summed E-state index contributed by atoms with van der Waals surface area (Å²) in [5, 5.41) is 0. The van der Waals surface area contributed by atoms with Crippen LogP contribution in [0.3, 0.4) is 0 Å². The van der Waals surface area contributed by atoms with Crippen molar-refractivity contribution in [2.45, 2.75) is 19.1 Å². The molecule has 17 heavy (non-hydrogen) atoms. The quantitative estimate of drug-likeness (QED) is 0.910. The smallest absolute Gasteiger partial charge is 0.410 e. The van der Waals surface area contributed by atoms with E-state index in [9.17, 15) is 4.79 Å². The Hall–Kier alpha value is -1.07. The summed E-state index contributed by atoms with van der Waals surface area (Å²) >= 11 is 3.38. The number of nitrogens with two attached hydrogens (primary N) is 1. The first-order valence-electron chi connectivity index (χ1n) is 5.57. The second-order valence-corrected chi connectivity index (χ2v) is 5.09. The second-order valence-electron chi connectivity index (χ2n) is 4.18. The Morgan fingerprint density at radius 1 is 1.59 bits per heavy atom. The molecule has 0 bridgehead atoms. The molecular weight excluding hydrogens is 284 g/mol. The summed E-state index contributed by atoms with van der Waals surface area (Å²) in [5.41, 5.74) is 6.70. The third-order valence-corrected chi connectivity index (χ3v) is 3.23. The first-order chi connectivity index (χ1) is 8.15. The van der Waals surface area contributed by atoms with Gasteiger partial charge in [-0.3, -0.25) is 0 Å². The van der Waals surface area contributed by atoms with Crippen molar-refractivity contribution in [2.75, 3.05) is 13.1 Å². The standard InChI is InChI=1S/C12H15BrN2O2/c13-10-3-1-2-9(6-10)8-17-12(16)15-5-4-11(14)7-15/h1-3,6,11H,4-5,7-8,14H2. The monoisotopic (exact) mass is 298 g/mol. The van der Waals surface area contributed by atoms with Crippen molar-refractivity contribution in [1.29, 1.82) is 0 Å². The van der Waals surface area contributed by atoms with Gasteiger partial charge in [-0.05, 0) is 24.1 Å². The fourth-order valence-electron chi connectivity index (χ4n) is 1.82. The summed E-state index contributed by atoms with van der Waals surface area (Å²) < 4.78 is 6.21. The molecule has 5 heteroatoms. The second kappa shape index (κ2) is 5.51. The van der Waals surface area contributed by atoms with Crippen molar-refractivity contribution in [1.82, 2.24) is 4.90 Å². The summed E-state index contributed by atoms with van der Waals surface area (Å²) in [5.74, 6) is 0. The molecule has 1 aromatic rings. The number of likely N-dealkylation sites (tertiary alicyclic amines) is 1. The predicted molar refractivity (Wildman–Crippen MR) is 68.5 cm³/mol. The van der Waals surface area contributed by atoms with Crippen molar-refractivity contribution in [3.05, 3.63) is 34.3 Å². The number of hydrogen-bond donors (Lipinski definition) is 1. The van der Waals surface area contributed by atoms with E-state index in [0.717, 1.165) is 16.5 Å². The summed E-state index contributed by atoms with van der Waals surface area (Å²) in [4.78, 5) is 13.3. The maximum atomic E-state index is 11.7. The van der Waals surface area contributed by atoms with Crippen LogP contribution in [0.25, 0.3) is 0 Å². The van der Waals surface area contributed by atoms with Crippen LogP contribution in [0, 0.1) is 0 Å². The minimum absolute atomic E-state index is 0.0911. The molecule has 1 aliphatic rings. The van der Waals surface area contributed by atoms with Crippen LogP contribution in [-0.2, 0) is 11.3 Å². The van der Waals surface area contributed by atoms with Gasteiger partial charge in [0, 0.05) is 23.6 Å². The number of benzene rings is 1. The normalized spacial score (nSPS) is 19.4. The van der Waals surface area contributed by atoms with Crippen LogP contribution < -0.4 is 5.73 Å². The van der Waals surface area contributed by atoms with Gasteiger partial charge in [0.25, 0.3) is 0 Å². The minimum atomic E-state index is -0.280. The van der Waals surface area contributed by atoms with E-state index in [2.05, 4.69) is 15.9 Å². The SMILES string of the molecule is NC1CCN(C(=O)OCc2cccc(Br)c2)C1. The predicted octanol–water partition coefficient (Wildman–Crippen LogP) is 2.12. The lowest BCUT2D eigenvalue weighted by atomic mass is 10.2. The molecule has 92 valence electrons. The van der Waals surface area contributed by atoms with E-state index < -0.39 is 0 Å². The molecule has 1 fully saturated rings. The average Bonchev–Trinajstić information content (AvgIpc) is 2.73. The van der Waals surface area contributed by atoms with Crippen molar-refractivity contribution in [3.63, 3.8) is 0 Å². The van der Waals surface area contributed by atoms with Crippen LogP contribution in [0.4, 0.5) is 4.79 Å². The first kappa shape index (κ1) is 12.4. The topological polar surface area (TPSA) is 55.6 Å². The molecule has 0 spiro atoms. The number of amides is 1. The highest BCUT2D eigenvalue weighted by Crippen LogP contribution is 2.14. The van der Waals surface area contributed by atoms with Gasteiger partial charge in [0.1, 0.15) is 6.61 Å². The minimum Gasteiger partial charge on any atom is -0.445 e. The maximum absolute atomic E-state index is 11.7. The van der Waals surface area contributed by atoms with Gasteiger partial charge < -0.3 is 15.4 Å². The van der Waals surface area contributed by atoms with Crippen LogP contribution in [-0.4, -0.2) is 30.1 Å². The van der Waals surface area contributed by atoms with Gasteiger partial charge in [0.2, 0.25) is 0 Å². The zero-order valence-electron chi connectivity index (χ0n) is 9.43. The fraction of sp³-hybridized carbons (Fsp3) is 0.417. The van der Waals surface area contributed by atoms with Crippen molar-refractivity contribution >= 4 is 22.0 Å². The lowest BCUT2D eigenvalue weighted by Crippen LogP contribution is -2.32. The molecule has 0 saturated carbocycles. The summed E-state index contributed by atoms with van der Waals surface area (Å²) in [6, 6.07) is 7.80. The molecule has 1 amide bonds. The third-order valence-electron chi connectivity index (χ3n) is 2.73. The van der Waals surface area contributed by atoms with E-state index in [-0.39, 0.29) is 12.1 Å². The van der Waals surface area contributed by atoms with Crippen molar-refractivity contribution in [3.8, 4) is 0 Å². The number of hydrogen-bond acceptors (Lipinski definition) is 3. The summed E-state index contributed by atoms with van der Waals surface area (Å²) in [7, 11) is 0. The van der Waals surface area contributed by atoms with E-state index in [4.69, 9.17) is 10.5 Å². The lowest BCUT2D eigenvalue weighted by molar-refractivity contribution is 0.104. The van der Waals surface area contributed by atoms with Crippen LogP contribution >= 0.6 is 15.9 Å². The largest absolute Gasteiger partial charge is 0.445 e. The van der Waals surface area contributed by atoms with Crippen LogP contribution in [0.2, 0.25) is 0 Å². The highest BCUT2D eigenvalue weighted by Gasteiger charge is 2.24. The molecule has 4 nitrogen and oxygen atoms in total. The lowest BCUT2D eigenvalue weighted by Gasteiger charge is -2.15. The molecule has 1 heterocycles. The molecule has 0 aliphatic carbocycles. The number of nitrogens with zero attached hydrogens (tertiary/aromatic N) is 1. The number of halogens is 1. The van der Waals surface area contributed by atoms with Crippen LogP contribution in [0.15, 0.2) is 28.7 Å². The summed E-state index contributed by atoms with van der Waals surface area (Å²) in [6.45, 7) is 1.58.